The lowest BCUT2D eigenvalue weighted by Crippen LogP contribution is -2.40. The Balaban J connectivity index is 1.89. The minimum Gasteiger partial charge on any atom is -0.396 e. The van der Waals surface area contributed by atoms with Gasteiger partial charge in [-0.15, -0.1) is 0 Å². The lowest BCUT2D eigenvalue weighted by Gasteiger charge is -2.23. The van der Waals surface area contributed by atoms with Gasteiger partial charge in [0, 0.05) is 25.0 Å². The summed E-state index contributed by atoms with van der Waals surface area (Å²) in [7, 11) is 0. The Labute approximate surface area is 140 Å². The first-order chi connectivity index (χ1) is 11.4. The summed E-state index contributed by atoms with van der Waals surface area (Å²) >= 11 is 0. The summed E-state index contributed by atoms with van der Waals surface area (Å²) in [5.74, 6) is -2.26. The quantitative estimate of drug-likeness (QED) is 0.796. The fraction of sp³-hybridized carbons (Fsp3) is 0.611. The van der Waals surface area contributed by atoms with E-state index < -0.39 is 24.4 Å². The molecule has 0 aliphatic heterocycles. The molecule has 6 heteroatoms. The number of aliphatic hydroxyl groups excluding tert-OH is 1. The topological polar surface area (TPSA) is 49.3 Å². The van der Waals surface area contributed by atoms with Crippen molar-refractivity contribution in [3.8, 4) is 0 Å². The molecule has 1 unspecified atom stereocenters. The Hall–Kier alpha value is -1.56. The second-order valence-electron chi connectivity index (χ2n) is 6.51. The minimum atomic E-state index is -4.39. The average molecular weight is 343 g/mol. The molecule has 0 bridgehead atoms. The van der Waals surface area contributed by atoms with E-state index in [-0.39, 0.29) is 25.0 Å². The number of aryl methyl sites for hydroxylation is 1. The third kappa shape index (κ3) is 5.51. The maximum Gasteiger partial charge on any atom is 0.392 e. The number of rotatable bonds is 7. The van der Waals surface area contributed by atoms with Crippen LogP contribution in [0, 0.1) is 11.8 Å². The second-order valence-corrected chi connectivity index (χ2v) is 6.51. The highest BCUT2D eigenvalue weighted by molar-refractivity contribution is 5.76. The van der Waals surface area contributed by atoms with Gasteiger partial charge >= 0.3 is 6.18 Å². The van der Waals surface area contributed by atoms with E-state index in [1.807, 2.05) is 6.07 Å². The summed E-state index contributed by atoms with van der Waals surface area (Å²) < 4.78 is 39.7. The van der Waals surface area contributed by atoms with Gasteiger partial charge in [-0.3, -0.25) is 4.79 Å². The summed E-state index contributed by atoms with van der Waals surface area (Å²) in [6, 6.07) is 8.78. The molecule has 1 aromatic rings. The van der Waals surface area contributed by atoms with E-state index in [1.54, 1.807) is 24.3 Å². The highest BCUT2D eigenvalue weighted by Gasteiger charge is 2.40. The number of nitrogens with one attached hydrogen (secondary N) is 1. The van der Waals surface area contributed by atoms with Gasteiger partial charge in [0.15, 0.2) is 0 Å². The molecule has 0 spiro atoms. The van der Waals surface area contributed by atoms with Gasteiger partial charge < -0.3 is 10.4 Å². The van der Waals surface area contributed by atoms with Crippen molar-refractivity contribution >= 4 is 5.91 Å². The van der Waals surface area contributed by atoms with Crippen molar-refractivity contribution in [2.45, 2.75) is 50.7 Å². The molecule has 3 atom stereocenters. The number of halogens is 3. The zero-order valence-electron chi connectivity index (χ0n) is 13.6. The van der Waals surface area contributed by atoms with Crippen molar-refractivity contribution in [3.63, 3.8) is 0 Å². The number of carbonyl (C=O) groups excluding carboxylic acids is 1. The molecule has 2 rings (SSSR count). The van der Waals surface area contributed by atoms with E-state index in [4.69, 9.17) is 0 Å². The molecule has 134 valence electrons. The van der Waals surface area contributed by atoms with Crippen LogP contribution in [0.25, 0.3) is 0 Å². The number of amides is 1. The van der Waals surface area contributed by atoms with Crippen LogP contribution in [0.3, 0.4) is 0 Å². The number of carbonyl (C=O) groups is 1. The van der Waals surface area contributed by atoms with Crippen LogP contribution in [-0.2, 0) is 11.2 Å². The molecule has 1 saturated carbocycles. The smallest absolute Gasteiger partial charge is 0.392 e. The van der Waals surface area contributed by atoms with Crippen molar-refractivity contribution < 1.29 is 23.1 Å². The lowest BCUT2D eigenvalue weighted by atomic mass is 9.95. The SMILES string of the molecule is O=C(CC(CCc1ccccc1)C(F)(F)F)N[C@@H]1CCC[C@H]1CO. The Bertz CT molecular complexity index is 519. The van der Waals surface area contributed by atoms with Gasteiger partial charge in [-0.2, -0.15) is 13.2 Å². The van der Waals surface area contributed by atoms with E-state index in [1.165, 1.54) is 0 Å². The van der Waals surface area contributed by atoms with Crippen molar-refractivity contribution in [2.24, 2.45) is 11.8 Å². The van der Waals surface area contributed by atoms with Crippen LogP contribution in [-0.4, -0.2) is 29.8 Å². The molecule has 3 nitrogen and oxygen atoms in total. The summed E-state index contributed by atoms with van der Waals surface area (Å²) in [5, 5.41) is 11.9. The monoisotopic (exact) mass is 343 g/mol. The van der Waals surface area contributed by atoms with E-state index in [9.17, 15) is 23.1 Å². The Morgan fingerprint density at radius 2 is 1.96 bits per heavy atom. The molecular weight excluding hydrogens is 319 g/mol. The lowest BCUT2D eigenvalue weighted by molar-refractivity contribution is -0.180. The van der Waals surface area contributed by atoms with Crippen LogP contribution in [0.4, 0.5) is 13.2 Å². The average Bonchev–Trinajstić information content (AvgIpc) is 2.98. The highest BCUT2D eigenvalue weighted by atomic mass is 19.4. The fourth-order valence-corrected chi connectivity index (χ4v) is 3.30. The normalized spacial score (nSPS) is 22.3. The Morgan fingerprint density at radius 3 is 2.58 bits per heavy atom. The zero-order valence-corrected chi connectivity index (χ0v) is 13.6. The molecule has 0 radical (unpaired) electrons. The molecule has 1 aliphatic carbocycles. The first kappa shape index (κ1) is 18.8. The Kier molecular flexibility index (Phi) is 6.66. The number of benzene rings is 1. The number of alkyl halides is 3. The van der Waals surface area contributed by atoms with E-state index in [0.29, 0.717) is 6.42 Å². The van der Waals surface area contributed by atoms with Crippen LogP contribution in [0.15, 0.2) is 30.3 Å². The van der Waals surface area contributed by atoms with Gasteiger partial charge in [0.1, 0.15) is 0 Å². The maximum atomic E-state index is 13.2. The van der Waals surface area contributed by atoms with E-state index in [2.05, 4.69) is 5.32 Å². The van der Waals surface area contributed by atoms with Gasteiger partial charge in [0.05, 0.1) is 5.92 Å². The maximum absolute atomic E-state index is 13.2. The molecule has 0 aromatic heterocycles. The van der Waals surface area contributed by atoms with E-state index >= 15 is 0 Å². The first-order valence-corrected chi connectivity index (χ1v) is 8.41. The molecule has 0 saturated heterocycles. The number of aliphatic hydroxyl groups is 1. The number of hydrogen-bond acceptors (Lipinski definition) is 2. The molecule has 1 aromatic carbocycles. The largest absolute Gasteiger partial charge is 0.396 e. The van der Waals surface area contributed by atoms with Crippen molar-refractivity contribution in [3.05, 3.63) is 35.9 Å². The van der Waals surface area contributed by atoms with Crippen LogP contribution in [0.2, 0.25) is 0 Å². The Morgan fingerprint density at radius 1 is 1.25 bits per heavy atom. The van der Waals surface area contributed by atoms with Gasteiger partial charge in [-0.1, -0.05) is 36.8 Å². The van der Waals surface area contributed by atoms with Crippen LogP contribution in [0.1, 0.15) is 37.7 Å². The summed E-state index contributed by atoms with van der Waals surface area (Å²) in [5.41, 5.74) is 0.836. The highest BCUT2D eigenvalue weighted by Crippen LogP contribution is 2.33. The minimum absolute atomic E-state index is 0.0393. The zero-order chi connectivity index (χ0) is 17.6. The van der Waals surface area contributed by atoms with Crippen molar-refractivity contribution in [2.75, 3.05) is 6.61 Å². The molecule has 1 amide bonds. The molecule has 24 heavy (non-hydrogen) atoms. The second kappa shape index (κ2) is 8.51. The third-order valence-electron chi connectivity index (χ3n) is 4.76. The third-order valence-corrected chi connectivity index (χ3v) is 4.76. The number of hydrogen-bond donors (Lipinski definition) is 2. The van der Waals surface area contributed by atoms with Crippen LogP contribution >= 0.6 is 0 Å². The molecule has 0 heterocycles. The van der Waals surface area contributed by atoms with Gasteiger partial charge in [-0.05, 0) is 31.2 Å². The van der Waals surface area contributed by atoms with Gasteiger partial charge in [0.25, 0.3) is 0 Å². The predicted octanol–water partition coefficient (Wildman–Crippen LogP) is 3.47. The van der Waals surface area contributed by atoms with Crippen molar-refractivity contribution in [1.29, 1.82) is 0 Å². The molecular formula is C18H24F3NO2. The van der Waals surface area contributed by atoms with Gasteiger partial charge in [0.2, 0.25) is 5.91 Å². The standard InChI is InChI=1S/C18H24F3NO2/c19-18(20,21)15(10-9-13-5-2-1-3-6-13)11-17(24)22-16-8-4-7-14(16)12-23/h1-3,5-6,14-16,23H,4,7-12H2,(H,22,24)/t14-,15?,16+/m0/s1. The van der Waals surface area contributed by atoms with Gasteiger partial charge in [-0.25, -0.2) is 0 Å². The van der Waals surface area contributed by atoms with Crippen LogP contribution < -0.4 is 5.32 Å². The summed E-state index contributed by atoms with van der Waals surface area (Å²) in [6.07, 6.45) is -2.35. The van der Waals surface area contributed by atoms with Crippen molar-refractivity contribution in [1.82, 2.24) is 5.32 Å². The summed E-state index contributed by atoms with van der Waals surface area (Å²) in [6.45, 7) is -0.0400. The fourth-order valence-electron chi connectivity index (χ4n) is 3.30. The molecule has 2 N–H and O–H groups in total. The van der Waals surface area contributed by atoms with E-state index in [0.717, 1.165) is 24.8 Å². The summed E-state index contributed by atoms with van der Waals surface area (Å²) in [4.78, 5) is 12.0. The first-order valence-electron chi connectivity index (χ1n) is 8.41. The molecule has 1 aliphatic rings. The predicted molar refractivity (Wildman–Crippen MR) is 85.3 cm³/mol. The molecule has 1 fully saturated rings. The van der Waals surface area contributed by atoms with Crippen LogP contribution in [0.5, 0.6) is 0 Å².